The van der Waals surface area contributed by atoms with E-state index < -0.39 is 0 Å². The third kappa shape index (κ3) is 4.70. The number of nitrogens with zero attached hydrogens (tertiary/aromatic N) is 1. The van der Waals surface area contributed by atoms with Crippen molar-refractivity contribution in [1.82, 2.24) is 10.5 Å². The van der Waals surface area contributed by atoms with Crippen molar-refractivity contribution in [1.29, 1.82) is 0 Å². The van der Waals surface area contributed by atoms with Crippen LogP contribution in [0.2, 0.25) is 0 Å². The van der Waals surface area contributed by atoms with Crippen molar-refractivity contribution in [3.8, 4) is 0 Å². The smallest absolute Gasteiger partial charge is 0.253 e. The van der Waals surface area contributed by atoms with E-state index in [1.54, 1.807) is 43.3 Å². The third-order valence-electron chi connectivity index (χ3n) is 2.91. The number of amides is 2. The molecule has 0 spiro atoms. The Morgan fingerprint density at radius 1 is 1.35 bits per heavy atom. The lowest BCUT2D eigenvalue weighted by molar-refractivity contribution is -0.114. The number of nitrogens with one attached hydrogen (secondary N) is 3. The van der Waals surface area contributed by atoms with Crippen molar-refractivity contribution in [2.24, 2.45) is 0 Å². The van der Waals surface area contributed by atoms with Crippen LogP contribution in [-0.2, 0) is 4.79 Å². The van der Waals surface area contributed by atoms with Crippen molar-refractivity contribution in [2.45, 2.75) is 6.92 Å². The lowest BCUT2D eigenvalue weighted by atomic mass is 10.1. The Morgan fingerprint density at radius 3 is 2.83 bits per heavy atom. The highest BCUT2D eigenvalue weighted by atomic mass is 16.5. The molecule has 7 nitrogen and oxygen atoms in total. The van der Waals surface area contributed by atoms with Crippen molar-refractivity contribution >= 4 is 23.3 Å². The second kappa shape index (κ2) is 7.79. The third-order valence-corrected chi connectivity index (χ3v) is 2.91. The number of benzene rings is 1. The van der Waals surface area contributed by atoms with Crippen LogP contribution in [0.25, 0.3) is 0 Å². The molecular formula is C16H18N4O3. The maximum Gasteiger partial charge on any atom is 0.253 e. The molecule has 0 unspecified atom stereocenters. The molecule has 1 aromatic heterocycles. The number of carbonyl (C=O) groups is 2. The van der Waals surface area contributed by atoms with Gasteiger partial charge >= 0.3 is 0 Å². The second-order valence-corrected chi connectivity index (χ2v) is 4.77. The summed E-state index contributed by atoms with van der Waals surface area (Å²) in [4.78, 5) is 23.9. The predicted octanol–water partition coefficient (Wildman–Crippen LogP) is 1.95. The summed E-state index contributed by atoms with van der Waals surface area (Å²) in [6, 6.07) is 8.57. The van der Waals surface area contributed by atoms with Gasteiger partial charge < -0.3 is 20.5 Å². The summed E-state index contributed by atoms with van der Waals surface area (Å²) in [6.45, 7) is 5.66. The molecular weight excluding hydrogens is 296 g/mol. The van der Waals surface area contributed by atoms with Gasteiger partial charge in [-0.2, -0.15) is 0 Å². The maximum absolute atomic E-state index is 12.0. The second-order valence-electron chi connectivity index (χ2n) is 4.77. The summed E-state index contributed by atoms with van der Waals surface area (Å²) in [5.74, 6) is 0.434. The zero-order chi connectivity index (χ0) is 16.7. The molecule has 2 amide bonds. The van der Waals surface area contributed by atoms with Crippen molar-refractivity contribution in [3.63, 3.8) is 0 Å². The first-order valence-electron chi connectivity index (χ1n) is 7.05. The predicted molar refractivity (Wildman–Crippen MR) is 87.3 cm³/mol. The summed E-state index contributed by atoms with van der Waals surface area (Å²) in [6.07, 6.45) is 1.60. The van der Waals surface area contributed by atoms with E-state index in [4.69, 9.17) is 4.52 Å². The first kappa shape index (κ1) is 16.3. The van der Waals surface area contributed by atoms with Gasteiger partial charge in [0.15, 0.2) is 5.82 Å². The molecule has 2 aromatic rings. The molecule has 0 radical (unpaired) electrons. The molecule has 1 aromatic carbocycles. The molecule has 2 rings (SSSR count). The van der Waals surface area contributed by atoms with E-state index in [9.17, 15) is 9.59 Å². The van der Waals surface area contributed by atoms with Gasteiger partial charge in [0.2, 0.25) is 5.91 Å². The van der Waals surface area contributed by atoms with Gasteiger partial charge in [0.1, 0.15) is 5.76 Å². The first-order valence-corrected chi connectivity index (χ1v) is 7.05. The fourth-order valence-electron chi connectivity index (χ4n) is 1.88. The first-order chi connectivity index (χ1) is 11.1. The molecule has 23 heavy (non-hydrogen) atoms. The summed E-state index contributed by atoms with van der Waals surface area (Å²) < 4.78 is 4.87. The lowest BCUT2D eigenvalue weighted by Crippen LogP contribution is -2.26. The van der Waals surface area contributed by atoms with E-state index in [0.29, 0.717) is 29.4 Å². The Hall–Kier alpha value is -3.09. The molecule has 0 aliphatic heterocycles. The highest BCUT2D eigenvalue weighted by Crippen LogP contribution is 2.14. The maximum atomic E-state index is 12.0. The molecule has 3 N–H and O–H groups in total. The van der Waals surface area contributed by atoms with Crippen LogP contribution >= 0.6 is 0 Å². The molecule has 0 aliphatic rings. The number of hydrogen-bond donors (Lipinski definition) is 3. The van der Waals surface area contributed by atoms with Crippen LogP contribution < -0.4 is 16.0 Å². The van der Waals surface area contributed by atoms with Crippen LogP contribution in [0.1, 0.15) is 16.1 Å². The molecule has 0 bridgehead atoms. The van der Waals surface area contributed by atoms with Crippen molar-refractivity contribution in [2.75, 3.05) is 23.7 Å². The summed E-state index contributed by atoms with van der Waals surface area (Å²) in [5.41, 5.74) is 1.03. The van der Waals surface area contributed by atoms with Gasteiger partial charge in [-0.1, -0.05) is 23.4 Å². The largest absolute Gasteiger partial charge is 0.375 e. The van der Waals surface area contributed by atoms with Crippen molar-refractivity contribution < 1.29 is 14.1 Å². The number of aromatic nitrogens is 1. The van der Waals surface area contributed by atoms with Crippen LogP contribution in [0.4, 0.5) is 11.5 Å². The minimum absolute atomic E-state index is 0.00232. The van der Waals surface area contributed by atoms with E-state index in [1.165, 1.54) is 0 Å². The Balaban J connectivity index is 1.96. The average molecular weight is 314 g/mol. The molecule has 0 fully saturated rings. The highest BCUT2D eigenvalue weighted by molar-refractivity contribution is 6.00. The summed E-state index contributed by atoms with van der Waals surface area (Å²) in [7, 11) is 0. The molecule has 120 valence electrons. The zero-order valence-electron chi connectivity index (χ0n) is 12.8. The van der Waals surface area contributed by atoms with Gasteiger partial charge in [-0.05, 0) is 19.1 Å². The van der Waals surface area contributed by atoms with Gasteiger partial charge in [-0.25, -0.2) is 0 Å². The van der Waals surface area contributed by atoms with Crippen LogP contribution in [0, 0.1) is 6.92 Å². The number of hydrogen-bond acceptors (Lipinski definition) is 5. The van der Waals surface area contributed by atoms with Crippen LogP contribution in [0.3, 0.4) is 0 Å². The van der Waals surface area contributed by atoms with Gasteiger partial charge in [0.25, 0.3) is 5.91 Å². The van der Waals surface area contributed by atoms with Gasteiger partial charge in [0, 0.05) is 18.3 Å². The van der Waals surface area contributed by atoms with Crippen molar-refractivity contribution in [3.05, 3.63) is 54.3 Å². The Bertz CT molecular complexity index is 709. The summed E-state index contributed by atoms with van der Waals surface area (Å²) in [5, 5.41) is 11.9. The molecule has 0 atom stereocenters. The van der Waals surface area contributed by atoms with Crippen LogP contribution in [0.5, 0.6) is 0 Å². The lowest BCUT2D eigenvalue weighted by Gasteiger charge is -2.11. The Kier molecular flexibility index (Phi) is 5.51. The molecule has 0 saturated carbocycles. The number of anilines is 2. The van der Waals surface area contributed by atoms with Gasteiger partial charge in [-0.15, -0.1) is 6.58 Å². The van der Waals surface area contributed by atoms with E-state index in [-0.39, 0.29) is 18.4 Å². The SMILES string of the molecule is C=CCNC(=O)c1ccccc1NCC(=O)Nc1cc(C)on1. The molecule has 0 saturated heterocycles. The monoisotopic (exact) mass is 314 g/mol. The fourth-order valence-corrected chi connectivity index (χ4v) is 1.88. The number of para-hydroxylation sites is 1. The van der Waals surface area contributed by atoms with Gasteiger partial charge in [0.05, 0.1) is 12.1 Å². The van der Waals surface area contributed by atoms with Crippen LogP contribution in [-0.4, -0.2) is 30.1 Å². The van der Waals surface area contributed by atoms with Gasteiger partial charge in [-0.3, -0.25) is 9.59 Å². The topological polar surface area (TPSA) is 96.3 Å². The zero-order valence-corrected chi connectivity index (χ0v) is 12.8. The molecule has 7 heteroatoms. The standard InChI is InChI=1S/C16H18N4O3/c1-3-8-17-16(22)12-6-4-5-7-13(12)18-10-15(21)19-14-9-11(2)23-20-14/h3-7,9,18H,1,8,10H2,2H3,(H,17,22)(H,19,20,21). The Labute approximate surface area is 133 Å². The number of aryl methyl sites for hydroxylation is 1. The van der Waals surface area contributed by atoms with E-state index in [0.717, 1.165) is 0 Å². The Morgan fingerprint density at radius 2 is 2.13 bits per heavy atom. The van der Waals surface area contributed by atoms with E-state index >= 15 is 0 Å². The normalized spacial score (nSPS) is 9.96. The average Bonchev–Trinajstić information content (AvgIpc) is 2.95. The van der Waals surface area contributed by atoms with Crippen LogP contribution in [0.15, 0.2) is 47.5 Å². The molecule has 1 heterocycles. The van der Waals surface area contributed by atoms with E-state index in [1.807, 2.05) is 0 Å². The summed E-state index contributed by atoms with van der Waals surface area (Å²) >= 11 is 0. The quantitative estimate of drug-likeness (QED) is 0.679. The highest BCUT2D eigenvalue weighted by Gasteiger charge is 2.11. The number of carbonyl (C=O) groups excluding carboxylic acids is 2. The minimum Gasteiger partial charge on any atom is -0.375 e. The molecule has 0 aliphatic carbocycles. The van der Waals surface area contributed by atoms with E-state index in [2.05, 4.69) is 27.7 Å². The fraction of sp³-hybridized carbons (Fsp3) is 0.188. The number of rotatable bonds is 7. The minimum atomic E-state index is -0.292.